The van der Waals surface area contributed by atoms with Gasteiger partial charge >= 0.3 is 5.97 Å². The first-order valence-corrected chi connectivity index (χ1v) is 3.48. The van der Waals surface area contributed by atoms with Crippen molar-refractivity contribution in [2.75, 3.05) is 14.2 Å². The van der Waals surface area contributed by atoms with Crippen LogP contribution in [0.15, 0.2) is 12.3 Å². The fraction of sp³-hybridized carbons (Fsp3) is 0.375. The highest BCUT2D eigenvalue weighted by Gasteiger charge is 2.15. The Morgan fingerprint density at radius 3 is 2.67 bits per heavy atom. The average Bonchev–Trinajstić information content (AvgIpc) is 2.45. The third kappa shape index (κ3) is 1.28. The molecule has 0 spiro atoms. The molecule has 0 fully saturated rings. The Morgan fingerprint density at radius 2 is 2.17 bits per heavy atom. The molecule has 4 nitrogen and oxygen atoms in total. The van der Waals surface area contributed by atoms with Gasteiger partial charge in [0.05, 0.1) is 14.2 Å². The predicted molar refractivity (Wildman–Crippen MR) is 43.3 cm³/mol. The number of rotatable bonds is 2. The van der Waals surface area contributed by atoms with E-state index in [4.69, 9.17) is 4.74 Å². The lowest BCUT2D eigenvalue weighted by molar-refractivity contribution is 0.0586. The summed E-state index contributed by atoms with van der Waals surface area (Å²) < 4.78 is 11.2. The summed E-state index contributed by atoms with van der Waals surface area (Å²) in [4.78, 5) is 11.2. The van der Waals surface area contributed by atoms with Gasteiger partial charge in [0.2, 0.25) is 0 Å². The number of nitrogens with zero attached hydrogens (tertiary/aromatic N) is 1. The first-order chi connectivity index (χ1) is 5.70. The van der Waals surface area contributed by atoms with Crippen molar-refractivity contribution in [1.82, 2.24) is 4.57 Å². The zero-order chi connectivity index (χ0) is 9.14. The van der Waals surface area contributed by atoms with Crippen LogP contribution in [0.3, 0.4) is 0 Å². The molecule has 12 heavy (non-hydrogen) atoms. The van der Waals surface area contributed by atoms with E-state index in [-0.39, 0.29) is 5.97 Å². The Morgan fingerprint density at radius 1 is 1.50 bits per heavy atom. The molecule has 0 radical (unpaired) electrons. The second-order valence-corrected chi connectivity index (χ2v) is 2.34. The van der Waals surface area contributed by atoms with E-state index in [0.717, 1.165) is 0 Å². The predicted octanol–water partition coefficient (Wildman–Crippen LogP) is 0.820. The third-order valence-corrected chi connectivity index (χ3v) is 1.63. The maximum absolute atomic E-state index is 11.2. The number of carbonyl (C=O) groups excluding carboxylic acids is 1. The highest BCUT2D eigenvalue weighted by molar-refractivity contribution is 5.90. The molecular weight excluding hydrogens is 158 g/mol. The van der Waals surface area contributed by atoms with Crippen molar-refractivity contribution in [3.8, 4) is 5.75 Å². The molecular formula is C8H11NO3. The van der Waals surface area contributed by atoms with E-state index >= 15 is 0 Å². The molecule has 1 rings (SSSR count). The first kappa shape index (κ1) is 8.64. The first-order valence-electron chi connectivity index (χ1n) is 3.48. The molecule has 1 heterocycles. The van der Waals surface area contributed by atoms with Crippen LogP contribution in [0.4, 0.5) is 0 Å². The van der Waals surface area contributed by atoms with E-state index in [0.29, 0.717) is 11.4 Å². The molecule has 0 aliphatic rings. The summed E-state index contributed by atoms with van der Waals surface area (Å²) in [6, 6.07) is 1.71. The number of ether oxygens (including phenoxy) is 2. The molecule has 0 aromatic carbocycles. The number of aromatic nitrogens is 1. The van der Waals surface area contributed by atoms with Crippen LogP contribution < -0.4 is 4.74 Å². The van der Waals surface area contributed by atoms with Gasteiger partial charge in [0.25, 0.3) is 0 Å². The van der Waals surface area contributed by atoms with Crippen LogP contribution in [-0.4, -0.2) is 24.8 Å². The quantitative estimate of drug-likeness (QED) is 0.615. The van der Waals surface area contributed by atoms with Gasteiger partial charge in [-0.3, -0.25) is 0 Å². The van der Waals surface area contributed by atoms with Crippen LogP contribution in [0.2, 0.25) is 0 Å². The SMILES string of the molecule is COC(=O)c1c(OC)ccn1C. The van der Waals surface area contributed by atoms with Crippen molar-refractivity contribution in [2.24, 2.45) is 7.05 Å². The molecule has 4 heteroatoms. The smallest absolute Gasteiger partial charge is 0.358 e. The summed E-state index contributed by atoms with van der Waals surface area (Å²) in [6.45, 7) is 0. The zero-order valence-corrected chi connectivity index (χ0v) is 7.33. The van der Waals surface area contributed by atoms with Crippen molar-refractivity contribution in [3.05, 3.63) is 18.0 Å². The molecule has 0 atom stereocenters. The molecule has 1 aromatic rings. The summed E-state index contributed by atoms with van der Waals surface area (Å²) in [7, 11) is 4.62. The summed E-state index contributed by atoms with van der Waals surface area (Å²) in [6.07, 6.45) is 1.74. The standard InChI is InChI=1S/C8H11NO3/c1-9-5-4-6(11-2)7(9)8(10)12-3/h4-5H,1-3H3. The van der Waals surface area contributed by atoms with Crippen molar-refractivity contribution >= 4 is 5.97 Å². The van der Waals surface area contributed by atoms with Gasteiger partial charge in [-0.15, -0.1) is 0 Å². The normalized spacial score (nSPS) is 9.58. The minimum absolute atomic E-state index is 0.389. The molecule has 0 saturated carbocycles. The Hall–Kier alpha value is -1.45. The Kier molecular flexibility index (Phi) is 2.38. The van der Waals surface area contributed by atoms with E-state index in [1.165, 1.54) is 14.2 Å². The van der Waals surface area contributed by atoms with E-state index < -0.39 is 0 Å². The molecule has 0 N–H and O–H groups in total. The number of carbonyl (C=O) groups is 1. The second-order valence-electron chi connectivity index (χ2n) is 2.34. The van der Waals surface area contributed by atoms with Gasteiger partial charge in [-0.05, 0) is 6.07 Å². The molecule has 0 amide bonds. The lowest BCUT2D eigenvalue weighted by Crippen LogP contribution is -2.08. The van der Waals surface area contributed by atoms with Gasteiger partial charge in [0.1, 0.15) is 0 Å². The van der Waals surface area contributed by atoms with E-state index in [2.05, 4.69) is 4.74 Å². The maximum atomic E-state index is 11.2. The van der Waals surface area contributed by atoms with E-state index in [9.17, 15) is 4.79 Å². The zero-order valence-electron chi connectivity index (χ0n) is 7.33. The van der Waals surface area contributed by atoms with Crippen molar-refractivity contribution < 1.29 is 14.3 Å². The minimum atomic E-state index is -0.389. The summed E-state index contributed by atoms with van der Waals surface area (Å²) in [5.41, 5.74) is 0.431. The van der Waals surface area contributed by atoms with Crippen molar-refractivity contribution in [1.29, 1.82) is 0 Å². The van der Waals surface area contributed by atoms with Crippen LogP contribution >= 0.6 is 0 Å². The maximum Gasteiger partial charge on any atom is 0.358 e. The summed E-state index contributed by atoms with van der Waals surface area (Å²) in [5, 5.41) is 0. The highest BCUT2D eigenvalue weighted by atomic mass is 16.5. The minimum Gasteiger partial charge on any atom is -0.494 e. The molecule has 0 aliphatic carbocycles. The largest absolute Gasteiger partial charge is 0.494 e. The molecule has 66 valence electrons. The van der Waals surface area contributed by atoms with Crippen molar-refractivity contribution in [2.45, 2.75) is 0 Å². The highest BCUT2D eigenvalue weighted by Crippen LogP contribution is 2.18. The van der Waals surface area contributed by atoms with Gasteiger partial charge in [-0.1, -0.05) is 0 Å². The van der Waals surface area contributed by atoms with Gasteiger partial charge in [-0.25, -0.2) is 4.79 Å². The molecule has 0 unspecified atom stereocenters. The number of esters is 1. The number of hydrogen-bond acceptors (Lipinski definition) is 3. The Labute approximate surface area is 70.7 Å². The van der Waals surface area contributed by atoms with E-state index in [1.807, 2.05) is 0 Å². The number of aryl methyl sites for hydroxylation is 1. The lowest BCUT2D eigenvalue weighted by Gasteiger charge is -2.03. The third-order valence-electron chi connectivity index (χ3n) is 1.63. The van der Waals surface area contributed by atoms with E-state index in [1.54, 1.807) is 23.9 Å². The van der Waals surface area contributed by atoms with Gasteiger partial charge < -0.3 is 14.0 Å². The Bertz CT molecular complexity index is 290. The van der Waals surface area contributed by atoms with Gasteiger partial charge in [-0.2, -0.15) is 0 Å². The van der Waals surface area contributed by atoms with Crippen LogP contribution in [-0.2, 0) is 11.8 Å². The van der Waals surface area contributed by atoms with Crippen LogP contribution in [0.25, 0.3) is 0 Å². The van der Waals surface area contributed by atoms with Gasteiger partial charge in [0, 0.05) is 13.2 Å². The average molecular weight is 169 g/mol. The number of hydrogen-bond donors (Lipinski definition) is 0. The molecule has 1 aromatic heterocycles. The molecule has 0 aliphatic heterocycles. The topological polar surface area (TPSA) is 40.5 Å². The van der Waals surface area contributed by atoms with Crippen molar-refractivity contribution in [3.63, 3.8) is 0 Å². The van der Waals surface area contributed by atoms with Crippen LogP contribution in [0.5, 0.6) is 5.75 Å². The Balaban J connectivity index is 3.10. The number of methoxy groups -OCH3 is 2. The second kappa shape index (κ2) is 3.30. The van der Waals surface area contributed by atoms with Crippen LogP contribution in [0.1, 0.15) is 10.5 Å². The summed E-state index contributed by atoms with van der Waals surface area (Å²) >= 11 is 0. The molecule has 0 bridgehead atoms. The van der Waals surface area contributed by atoms with Gasteiger partial charge in [0.15, 0.2) is 11.4 Å². The fourth-order valence-electron chi connectivity index (χ4n) is 1.01. The molecule has 0 saturated heterocycles. The van der Waals surface area contributed by atoms with Crippen LogP contribution in [0, 0.1) is 0 Å². The fourth-order valence-corrected chi connectivity index (χ4v) is 1.01. The summed E-state index contributed by atoms with van der Waals surface area (Å²) in [5.74, 6) is 0.142. The monoisotopic (exact) mass is 169 g/mol. The lowest BCUT2D eigenvalue weighted by atomic mass is 10.4.